The van der Waals surface area contributed by atoms with Crippen LogP contribution in [0.1, 0.15) is 504 Å². The summed E-state index contributed by atoms with van der Waals surface area (Å²) in [4.78, 5) is 73.5. The van der Waals surface area contributed by atoms with Crippen molar-refractivity contribution in [3.63, 3.8) is 0 Å². The summed E-state index contributed by atoms with van der Waals surface area (Å²) in [6.45, 7) is 9.80. The summed E-state index contributed by atoms with van der Waals surface area (Å²) in [6.07, 6.45) is 79.2. The molecule has 0 saturated heterocycles. The Morgan fingerprint density at radius 3 is 0.679 bits per heavy atom. The van der Waals surface area contributed by atoms with Gasteiger partial charge in [0, 0.05) is 25.7 Å². The van der Waals surface area contributed by atoms with Gasteiger partial charge < -0.3 is 33.8 Å². The second-order valence-electron chi connectivity index (χ2n) is 34.1. The summed E-state index contributed by atoms with van der Waals surface area (Å²) < 4.78 is 69.1. The molecule has 0 heterocycles. The fourth-order valence-corrected chi connectivity index (χ4v) is 16.2. The molecule has 0 spiro atoms. The number of hydrogen-bond donors (Lipinski definition) is 3. The van der Waals surface area contributed by atoms with Gasteiger partial charge in [-0.1, -0.05) is 452 Å². The molecule has 666 valence electrons. The maximum absolute atomic E-state index is 13.2. The summed E-state index contributed by atoms with van der Waals surface area (Å²) in [5, 5.41) is 10.7. The Balaban J connectivity index is 5.25. The Hall–Kier alpha value is -1.94. The Morgan fingerprint density at radius 1 is 0.259 bits per heavy atom. The van der Waals surface area contributed by atoms with Gasteiger partial charge in [0.25, 0.3) is 0 Å². The van der Waals surface area contributed by atoms with Crippen LogP contribution in [0, 0.1) is 11.8 Å². The standard InChI is InChI=1S/C93H182O17P2/c1-7-10-12-14-16-18-20-22-23-24-25-26-27-31-34-40-46-52-58-64-70-76-91(96)104-82-89(109-92(97)77-71-65-59-53-47-41-35-32-29-28-30-33-39-44-50-56-62-68-74-86(6)9-3)84-108-112(101,102)106-80-87(94)79-105-111(99,100)107-83-88(81-103-90(95)75-69-63-57-51-45-37-21-19-17-15-13-11-8-2)110-93(98)78-72-66-60-54-48-42-36-38-43-49-55-61-67-73-85(4)5/h85-89,94H,7-84H2,1-6H3,(H,99,100)(H,101,102)/t86?,87-,88+,89+/m0/s1. The second-order valence-corrected chi connectivity index (χ2v) is 37.0. The van der Waals surface area contributed by atoms with E-state index in [-0.39, 0.29) is 25.7 Å². The summed E-state index contributed by atoms with van der Waals surface area (Å²) in [5.74, 6) is -0.435. The van der Waals surface area contributed by atoms with Crippen molar-refractivity contribution in [1.29, 1.82) is 0 Å². The molecule has 0 aromatic rings. The number of esters is 4. The van der Waals surface area contributed by atoms with Gasteiger partial charge in [0.15, 0.2) is 12.2 Å². The maximum Gasteiger partial charge on any atom is 0.472 e. The van der Waals surface area contributed by atoms with E-state index in [0.717, 1.165) is 102 Å². The highest BCUT2D eigenvalue weighted by molar-refractivity contribution is 7.47. The van der Waals surface area contributed by atoms with Gasteiger partial charge in [-0.2, -0.15) is 0 Å². The van der Waals surface area contributed by atoms with Crippen molar-refractivity contribution in [2.24, 2.45) is 11.8 Å². The molecule has 0 rings (SSSR count). The van der Waals surface area contributed by atoms with Crippen molar-refractivity contribution >= 4 is 39.5 Å². The van der Waals surface area contributed by atoms with Crippen LogP contribution in [0.2, 0.25) is 0 Å². The predicted molar refractivity (Wildman–Crippen MR) is 465 cm³/mol. The van der Waals surface area contributed by atoms with Crippen LogP contribution in [0.4, 0.5) is 0 Å². The third kappa shape index (κ3) is 84.5. The molecule has 19 heteroatoms. The molecule has 0 aromatic heterocycles. The third-order valence-corrected chi connectivity index (χ3v) is 24.2. The molecule has 0 fully saturated rings. The highest BCUT2D eigenvalue weighted by Gasteiger charge is 2.31. The molecule has 3 unspecified atom stereocenters. The molecule has 0 aromatic carbocycles. The minimum absolute atomic E-state index is 0.108. The first-order valence-electron chi connectivity index (χ1n) is 48.0. The lowest BCUT2D eigenvalue weighted by Crippen LogP contribution is -2.30. The first-order valence-corrected chi connectivity index (χ1v) is 51.0. The number of phosphoric acid groups is 2. The number of phosphoric ester groups is 2. The molecule has 3 N–H and O–H groups in total. The van der Waals surface area contributed by atoms with Crippen molar-refractivity contribution in [2.75, 3.05) is 39.6 Å². The predicted octanol–water partition coefficient (Wildman–Crippen LogP) is 29.0. The highest BCUT2D eigenvalue weighted by atomic mass is 31.2. The molecule has 112 heavy (non-hydrogen) atoms. The van der Waals surface area contributed by atoms with E-state index < -0.39 is 97.5 Å². The van der Waals surface area contributed by atoms with Gasteiger partial charge in [0.05, 0.1) is 26.4 Å². The van der Waals surface area contributed by atoms with Crippen molar-refractivity contribution < 1.29 is 80.2 Å². The summed E-state index contributed by atoms with van der Waals surface area (Å²) in [5.41, 5.74) is 0. The van der Waals surface area contributed by atoms with Gasteiger partial charge >= 0.3 is 39.5 Å². The summed E-state index contributed by atoms with van der Waals surface area (Å²) in [6, 6.07) is 0. The second kappa shape index (κ2) is 84.1. The van der Waals surface area contributed by atoms with Crippen LogP contribution in [-0.2, 0) is 65.4 Å². The topological polar surface area (TPSA) is 237 Å². The number of aliphatic hydroxyl groups is 1. The third-order valence-electron chi connectivity index (χ3n) is 22.3. The molecule has 17 nitrogen and oxygen atoms in total. The Morgan fingerprint density at radius 2 is 0.455 bits per heavy atom. The molecule has 0 radical (unpaired) electrons. The SMILES string of the molecule is CCCCCCCCCCCCCCCCCCCCCCCC(=O)OC[C@H](COP(=O)(O)OC[C@@H](O)COP(=O)(O)OC[C@@H](COC(=O)CCCCCCCCCCCCCCC)OC(=O)CCCCCCCCCCCCCCCC(C)C)OC(=O)CCCCCCCCCCCCCCCCCCCCC(C)CC. The van der Waals surface area contributed by atoms with E-state index in [2.05, 4.69) is 41.5 Å². The van der Waals surface area contributed by atoms with Crippen molar-refractivity contribution in [3.05, 3.63) is 0 Å². The highest BCUT2D eigenvalue weighted by Crippen LogP contribution is 2.45. The number of ether oxygens (including phenoxy) is 4. The van der Waals surface area contributed by atoms with E-state index in [1.54, 1.807) is 0 Å². The first-order chi connectivity index (χ1) is 54.4. The van der Waals surface area contributed by atoms with E-state index in [4.69, 9.17) is 37.0 Å². The largest absolute Gasteiger partial charge is 0.472 e. The van der Waals surface area contributed by atoms with E-state index >= 15 is 0 Å². The van der Waals surface area contributed by atoms with Gasteiger partial charge in [0.2, 0.25) is 0 Å². The van der Waals surface area contributed by atoms with E-state index in [1.165, 1.54) is 321 Å². The van der Waals surface area contributed by atoms with Gasteiger partial charge in [-0.25, -0.2) is 9.13 Å². The monoisotopic (exact) mass is 1630 g/mol. The molecule has 0 bridgehead atoms. The lowest BCUT2D eigenvalue weighted by molar-refractivity contribution is -0.161. The lowest BCUT2D eigenvalue weighted by Gasteiger charge is -2.21. The zero-order valence-corrected chi connectivity index (χ0v) is 75.8. The molecule has 0 aliphatic heterocycles. The van der Waals surface area contributed by atoms with Crippen LogP contribution < -0.4 is 0 Å². The van der Waals surface area contributed by atoms with Gasteiger partial charge in [-0.3, -0.25) is 37.3 Å². The summed E-state index contributed by atoms with van der Waals surface area (Å²) >= 11 is 0. The quantitative estimate of drug-likeness (QED) is 0.0222. The fraction of sp³-hybridized carbons (Fsp3) is 0.957. The van der Waals surface area contributed by atoms with E-state index in [1.807, 2.05) is 0 Å². The Kier molecular flexibility index (Phi) is 82.6. The van der Waals surface area contributed by atoms with Crippen LogP contribution in [0.5, 0.6) is 0 Å². The normalized spacial score (nSPS) is 13.9. The smallest absolute Gasteiger partial charge is 0.462 e. The minimum atomic E-state index is -4.97. The molecule has 6 atom stereocenters. The first kappa shape index (κ1) is 110. The van der Waals surface area contributed by atoms with Crippen LogP contribution in [0.25, 0.3) is 0 Å². The number of hydrogen-bond acceptors (Lipinski definition) is 15. The molecule has 0 aliphatic carbocycles. The van der Waals surface area contributed by atoms with Crippen molar-refractivity contribution in [3.8, 4) is 0 Å². The zero-order valence-electron chi connectivity index (χ0n) is 74.0. The number of rotatable bonds is 92. The average Bonchev–Trinajstić information content (AvgIpc) is 0.899. The minimum Gasteiger partial charge on any atom is -0.462 e. The molecule has 0 aliphatic rings. The van der Waals surface area contributed by atoms with Crippen molar-refractivity contribution in [2.45, 2.75) is 522 Å². The molecule has 0 saturated carbocycles. The number of unbranched alkanes of at least 4 members (excludes halogenated alkanes) is 61. The molecular weight excluding hydrogens is 1450 g/mol. The number of aliphatic hydroxyl groups excluding tert-OH is 1. The van der Waals surface area contributed by atoms with E-state index in [9.17, 15) is 43.2 Å². The molecular formula is C93H182O17P2. The summed E-state index contributed by atoms with van der Waals surface area (Å²) in [7, 11) is -9.94. The Bertz CT molecular complexity index is 2130. The van der Waals surface area contributed by atoms with E-state index in [0.29, 0.717) is 25.7 Å². The van der Waals surface area contributed by atoms with Crippen LogP contribution >= 0.6 is 15.6 Å². The maximum atomic E-state index is 13.2. The zero-order chi connectivity index (χ0) is 82.0. The van der Waals surface area contributed by atoms with Crippen molar-refractivity contribution in [1.82, 2.24) is 0 Å². The van der Waals surface area contributed by atoms with Gasteiger partial charge in [0.1, 0.15) is 19.3 Å². The number of carbonyl (C=O) groups is 4. The van der Waals surface area contributed by atoms with Crippen LogP contribution in [0.15, 0.2) is 0 Å². The number of carbonyl (C=O) groups excluding carboxylic acids is 4. The lowest BCUT2D eigenvalue weighted by atomic mass is 9.99. The Labute approximate surface area is 689 Å². The van der Waals surface area contributed by atoms with Gasteiger partial charge in [-0.15, -0.1) is 0 Å². The molecule has 0 amide bonds. The van der Waals surface area contributed by atoms with Crippen LogP contribution in [0.3, 0.4) is 0 Å². The van der Waals surface area contributed by atoms with Gasteiger partial charge in [-0.05, 0) is 37.5 Å². The van der Waals surface area contributed by atoms with Crippen LogP contribution in [-0.4, -0.2) is 96.7 Å². The average molecular weight is 1630 g/mol. The fourth-order valence-electron chi connectivity index (χ4n) is 14.6.